The van der Waals surface area contributed by atoms with Crippen molar-refractivity contribution in [2.45, 2.75) is 63.7 Å². The van der Waals surface area contributed by atoms with Gasteiger partial charge in [0.15, 0.2) is 0 Å². The molecule has 2 N–H and O–H groups in total. The van der Waals surface area contributed by atoms with Gasteiger partial charge in [-0.3, -0.25) is 9.59 Å². The molecule has 2 aliphatic rings. The monoisotopic (exact) mass is 589 g/mol. The average Bonchev–Trinajstić information content (AvgIpc) is 3.53. The Morgan fingerprint density at radius 1 is 0.952 bits per heavy atom. The van der Waals surface area contributed by atoms with E-state index in [1.54, 1.807) is 21.3 Å². The van der Waals surface area contributed by atoms with Gasteiger partial charge in [0, 0.05) is 31.6 Å². The highest BCUT2D eigenvalue weighted by Crippen LogP contribution is 2.43. The van der Waals surface area contributed by atoms with Gasteiger partial charge in [0.2, 0.25) is 11.8 Å². The third-order valence-corrected chi connectivity index (χ3v) is 10.4. The summed E-state index contributed by atoms with van der Waals surface area (Å²) in [5.74, 6) is 1.94. The quantitative estimate of drug-likeness (QED) is 0.299. The molecule has 0 spiro atoms. The van der Waals surface area contributed by atoms with Crippen LogP contribution in [0.3, 0.4) is 0 Å². The molecule has 42 heavy (non-hydrogen) atoms. The van der Waals surface area contributed by atoms with Crippen LogP contribution in [0.15, 0.2) is 48.7 Å². The first-order valence-electron chi connectivity index (χ1n) is 15.1. The number of methoxy groups -OCH3 is 2. The lowest BCUT2D eigenvalue weighted by Gasteiger charge is -2.35. The van der Waals surface area contributed by atoms with Crippen LogP contribution in [0.25, 0.3) is 10.4 Å². The van der Waals surface area contributed by atoms with Gasteiger partial charge in [-0.2, -0.15) is 0 Å². The Kier molecular flexibility index (Phi) is 9.83. The summed E-state index contributed by atoms with van der Waals surface area (Å²) in [5, 5.41) is 6.78. The fraction of sp³-hybridized carbons (Fsp3) is 0.500. The van der Waals surface area contributed by atoms with Crippen molar-refractivity contribution in [2.24, 2.45) is 17.8 Å². The van der Waals surface area contributed by atoms with E-state index in [4.69, 9.17) is 9.47 Å². The molecule has 7 nitrogen and oxygen atoms in total. The van der Waals surface area contributed by atoms with Gasteiger partial charge in [0.25, 0.3) is 5.19 Å². The standard InChI is InChI=1S/C34H43N3O4S/c1-21-16-24(13-15-30(21)40-3)23-10-8-22(9-11-23)19-36-32(38)27-12-14-28(33(39)35-2)29(18-27)25-6-5-7-26(17-25)31-20-37-34(41-4)42-31/h5-7,13,15-17,20,22-23,27-29H,8-12,14,18-19H2,1-4H3,(H,35,39)(H,36,38)/t22-,23-,27?,28?,29?. The highest BCUT2D eigenvalue weighted by Gasteiger charge is 2.38. The van der Waals surface area contributed by atoms with Gasteiger partial charge >= 0.3 is 0 Å². The molecular formula is C34H43N3O4S. The van der Waals surface area contributed by atoms with Gasteiger partial charge in [-0.25, -0.2) is 4.98 Å². The minimum atomic E-state index is -0.151. The molecule has 2 saturated carbocycles. The highest BCUT2D eigenvalue weighted by atomic mass is 32.1. The van der Waals surface area contributed by atoms with Crippen molar-refractivity contribution >= 4 is 23.2 Å². The fourth-order valence-corrected chi connectivity index (χ4v) is 7.66. The van der Waals surface area contributed by atoms with Gasteiger partial charge in [0.1, 0.15) is 5.75 Å². The van der Waals surface area contributed by atoms with Crippen LogP contribution < -0.4 is 20.1 Å². The Bertz CT molecular complexity index is 1380. The number of hydrogen-bond acceptors (Lipinski definition) is 6. The van der Waals surface area contributed by atoms with E-state index >= 15 is 0 Å². The summed E-state index contributed by atoms with van der Waals surface area (Å²) < 4.78 is 10.7. The smallest absolute Gasteiger partial charge is 0.273 e. The third-order valence-electron chi connectivity index (χ3n) is 9.36. The van der Waals surface area contributed by atoms with E-state index in [0.717, 1.165) is 60.4 Å². The number of nitrogens with zero attached hydrogens (tertiary/aromatic N) is 1. The van der Waals surface area contributed by atoms with E-state index in [1.807, 2.05) is 12.3 Å². The Morgan fingerprint density at radius 2 is 1.76 bits per heavy atom. The van der Waals surface area contributed by atoms with Gasteiger partial charge in [-0.15, -0.1) is 0 Å². The molecule has 0 radical (unpaired) electrons. The SMILES string of the molecule is CNC(=O)C1CCC(C(=O)NC[C@H]2CC[C@H](c3ccc(OC)c(C)c3)CC2)CC1c1cccc(-c2cnc(OC)s2)c1. The molecule has 8 heteroatoms. The maximum atomic E-state index is 13.4. The number of hydrogen-bond donors (Lipinski definition) is 2. The van der Waals surface area contributed by atoms with Gasteiger partial charge in [-0.05, 0) is 104 Å². The van der Waals surface area contributed by atoms with Crippen LogP contribution in [0.5, 0.6) is 10.9 Å². The number of benzene rings is 2. The number of aryl methyl sites for hydroxylation is 1. The van der Waals surface area contributed by atoms with Gasteiger partial charge < -0.3 is 20.1 Å². The summed E-state index contributed by atoms with van der Waals surface area (Å²) in [7, 11) is 5.03. The van der Waals surface area contributed by atoms with Gasteiger partial charge in [0.05, 0.1) is 19.1 Å². The number of ether oxygens (including phenoxy) is 2. The van der Waals surface area contributed by atoms with E-state index in [0.29, 0.717) is 29.9 Å². The zero-order valence-electron chi connectivity index (χ0n) is 25.2. The molecule has 0 bridgehead atoms. The maximum Gasteiger partial charge on any atom is 0.273 e. The van der Waals surface area contributed by atoms with Crippen LogP contribution in [0.2, 0.25) is 0 Å². The van der Waals surface area contributed by atoms with E-state index in [9.17, 15) is 9.59 Å². The number of carbonyl (C=O) groups is 2. The molecule has 3 aromatic rings. The highest BCUT2D eigenvalue weighted by molar-refractivity contribution is 7.16. The van der Waals surface area contributed by atoms with Crippen molar-refractivity contribution in [3.63, 3.8) is 0 Å². The number of rotatable bonds is 9. The van der Waals surface area contributed by atoms with E-state index < -0.39 is 0 Å². The molecule has 3 unspecified atom stereocenters. The Morgan fingerprint density at radius 3 is 2.45 bits per heavy atom. The molecule has 224 valence electrons. The summed E-state index contributed by atoms with van der Waals surface area (Å²) >= 11 is 1.50. The number of aromatic nitrogens is 1. The molecule has 2 aromatic carbocycles. The molecule has 3 atom stereocenters. The second-order valence-corrected chi connectivity index (χ2v) is 12.8. The molecule has 5 rings (SSSR count). The Hall–Kier alpha value is -3.39. The van der Waals surface area contributed by atoms with E-state index in [2.05, 4.69) is 58.9 Å². The molecule has 0 aliphatic heterocycles. The van der Waals surface area contributed by atoms with Crippen molar-refractivity contribution in [1.82, 2.24) is 15.6 Å². The number of nitrogens with one attached hydrogen (secondary N) is 2. The summed E-state index contributed by atoms with van der Waals surface area (Å²) in [4.78, 5) is 31.6. The zero-order valence-corrected chi connectivity index (χ0v) is 26.0. The molecular weight excluding hydrogens is 546 g/mol. The number of carbonyl (C=O) groups excluding carboxylic acids is 2. The van der Waals surface area contributed by atoms with Crippen LogP contribution in [0.1, 0.15) is 73.5 Å². The first-order valence-corrected chi connectivity index (χ1v) is 16.0. The van der Waals surface area contributed by atoms with Crippen LogP contribution >= 0.6 is 11.3 Å². The number of thiazole rings is 1. The van der Waals surface area contributed by atoms with Crippen molar-refractivity contribution in [3.8, 4) is 21.4 Å². The topological polar surface area (TPSA) is 89.6 Å². The molecule has 2 aliphatic carbocycles. The minimum absolute atomic E-state index is 0.0207. The zero-order chi connectivity index (χ0) is 29.6. The Balaban J connectivity index is 1.19. The molecule has 2 fully saturated rings. The van der Waals surface area contributed by atoms with Crippen LogP contribution in [-0.4, -0.2) is 44.6 Å². The predicted octanol–water partition coefficient (Wildman–Crippen LogP) is 6.47. The van der Waals surface area contributed by atoms with E-state index in [1.165, 1.54) is 22.5 Å². The molecule has 1 aromatic heterocycles. The summed E-state index contributed by atoms with van der Waals surface area (Å²) in [6.07, 6.45) is 8.46. The van der Waals surface area contributed by atoms with Gasteiger partial charge in [-0.1, -0.05) is 41.7 Å². The normalized spacial score (nSPS) is 24.0. The van der Waals surface area contributed by atoms with Crippen molar-refractivity contribution in [3.05, 3.63) is 65.4 Å². The molecule has 2 amide bonds. The van der Waals surface area contributed by atoms with Crippen LogP contribution in [0, 0.1) is 24.7 Å². The lowest BCUT2D eigenvalue weighted by atomic mass is 9.70. The Labute approximate surface area is 253 Å². The molecule has 0 saturated heterocycles. The lowest BCUT2D eigenvalue weighted by Crippen LogP contribution is -2.41. The first-order chi connectivity index (χ1) is 20.4. The van der Waals surface area contributed by atoms with Crippen molar-refractivity contribution < 1.29 is 19.1 Å². The molecule has 1 heterocycles. The first kappa shape index (κ1) is 30.1. The summed E-state index contributed by atoms with van der Waals surface area (Å²) in [5.41, 5.74) is 4.73. The average molecular weight is 590 g/mol. The second kappa shape index (κ2) is 13.7. The maximum absolute atomic E-state index is 13.4. The minimum Gasteiger partial charge on any atom is -0.496 e. The van der Waals surface area contributed by atoms with Crippen molar-refractivity contribution in [2.75, 3.05) is 27.8 Å². The largest absolute Gasteiger partial charge is 0.496 e. The van der Waals surface area contributed by atoms with Crippen LogP contribution in [0.4, 0.5) is 0 Å². The lowest BCUT2D eigenvalue weighted by molar-refractivity contribution is -0.131. The number of amides is 2. The van der Waals surface area contributed by atoms with Crippen molar-refractivity contribution in [1.29, 1.82) is 0 Å². The summed E-state index contributed by atoms with van der Waals surface area (Å²) in [6, 6.07) is 14.9. The summed E-state index contributed by atoms with van der Waals surface area (Å²) in [6.45, 7) is 2.83. The van der Waals surface area contributed by atoms with Crippen LogP contribution in [-0.2, 0) is 9.59 Å². The fourth-order valence-electron chi connectivity index (χ4n) is 6.93. The third kappa shape index (κ3) is 6.80. The second-order valence-electron chi connectivity index (χ2n) is 11.8. The van der Waals surface area contributed by atoms with E-state index in [-0.39, 0.29) is 29.6 Å². The predicted molar refractivity (Wildman–Crippen MR) is 167 cm³/mol.